The third-order valence-corrected chi connectivity index (χ3v) is 4.93. The van der Waals surface area contributed by atoms with Gasteiger partial charge in [0.2, 0.25) is 0 Å². The number of aromatic amines is 2. The van der Waals surface area contributed by atoms with Crippen molar-refractivity contribution in [2.75, 3.05) is 7.11 Å². The molecule has 12 heteroatoms. The van der Waals surface area contributed by atoms with E-state index in [2.05, 4.69) is 35.5 Å². The van der Waals surface area contributed by atoms with Gasteiger partial charge in [0.05, 0.1) is 18.1 Å². The van der Waals surface area contributed by atoms with Crippen molar-refractivity contribution in [2.24, 2.45) is 0 Å². The molecule has 0 radical (unpaired) electrons. The minimum absolute atomic E-state index is 0.00479. The Balaban J connectivity index is 1.61. The average molecular weight is 406 g/mol. The fourth-order valence-electron chi connectivity index (χ4n) is 2.32. The second-order valence-electron chi connectivity index (χ2n) is 5.33. The van der Waals surface area contributed by atoms with Gasteiger partial charge in [0.15, 0.2) is 0 Å². The van der Waals surface area contributed by atoms with Crippen LogP contribution in [0.2, 0.25) is 0 Å². The average Bonchev–Trinajstić information content (AvgIpc) is 3.25. The van der Waals surface area contributed by atoms with Crippen LogP contribution >= 0.6 is 17.2 Å². The molecule has 2 atom stereocenters. The summed E-state index contributed by atoms with van der Waals surface area (Å²) < 4.78 is 4.36. The highest BCUT2D eigenvalue weighted by atomic mass is 31.1. The molecule has 2 unspecified atom stereocenters. The zero-order valence-corrected chi connectivity index (χ0v) is 16.1. The molecule has 3 aromatic rings. The SMILES string of the molecule is COC(=O)NNC(=O)Pc1ncc(Cc2ccc3nc(PC=O)[nH]c3c2)[nH]1. The predicted molar refractivity (Wildman–Crippen MR) is 104 cm³/mol. The topological polar surface area (TPSA) is 142 Å². The van der Waals surface area contributed by atoms with E-state index in [9.17, 15) is 14.4 Å². The Bertz CT molecular complexity index is 986. The molecule has 1 aromatic carbocycles. The van der Waals surface area contributed by atoms with E-state index in [4.69, 9.17) is 0 Å². The van der Waals surface area contributed by atoms with Gasteiger partial charge >= 0.3 is 6.09 Å². The highest BCUT2D eigenvalue weighted by Gasteiger charge is 2.10. The lowest BCUT2D eigenvalue weighted by Crippen LogP contribution is -2.39. The largest absolute Gasteiger partial charge is 0.452 e. The number of hydrazine groups is 1. The van der Waals surface area contributed by atoms with Gasteiger partial charge in [-0.05, 0) is 17.7 Å². The molecule has 140 valence electrons. The molecule has 2 heterocycles. The fourth-order valence-corrected chi connectivity index (χ4v) is 3.52. The highest BCUT2D eigenvalue weighted by Crippen LogP contribution is 2.16. The molecule has 4 N–H and O–H groups in total. The third kappa shape index (κ3) is 5.09. The Labute approximate surface area is 156 Å². The molecule has 10 nitrogen and oxygen atoms in total. The molecule has 2 aromatic heterocycles. The molecule has 0 aliphatic rings. The number of benzene rings is 1. The molecular weight excluding hydrogens is 390 g/mol. The number of carbonyl (C=O) groups is 3. The van der Waals surface area contributed by atoms with E-state index in [1.165, 1.54) is 7.11 Å². The zero-order valence-electron chi connectivity index (χ0n) is 14.1. The van der Waals surface area contributed by atoms with Crippen LogP contribution < -0.4 is 22.0 Å². The number of fused-ring (bicyclic) bond motifs is 1. The van der Waals surface area contributed by atoms with Crippen LogP contribution in [0.15, 0.2) is 24.4 Å². The van der Waals surface area contributed by atoms with Crippen LogP contribution in [-0.2, 0) is 16.0 Å². The lowest BCUT2D eigenvalue weighted by Gasteiger charge is -2.04. The standard InChI is InChI=1S/C15H16N6O4P2/c1-25-14(23)20-21-15(24)27-12-16-6-9(17-12)4-8-2-3-10-11(5-8)19-13(18-10)26-7-22/h2-3,5-7,26-27H,4H2,1H3,(H,16,17)(H,18,19)(H,20,23)(H,21,24). The van der Waals surface area contributed by atoms with Crippen LogP contribution in [0.5, 0.6) is 0 Å². The van der Waals surface area contributed by atoms with Gasteiger partial charge in [-0.25, -0.2) is 20.2 Å². The molecule has 2 amide bonds. The number of rotatable bonds is 6. The number of carbonyl (C=O) groups excluding carboxylic acids is 3. The number of H-pyrrole nitrogens is 2. The second-order valence-corrected chi connectivity index (χ2v) is 7.50. The lowest BCUT2D eigenvalue weighted by atomic mass is 10.1. The van der Waals surface area contributed by atoms with E-state index >= 15 is 0 Å². The van der Waals surface area contributed by atoms with E-state index in [0.717, 1.165) is 28.3 Å². The number of imidazole rings is 2. The van der Waals surface area contributed by atoms with Gasteiger partial charge in [0.25, 0.3) is 5.65 Å². The Kier molecular flexibility index (Phi) is 6.11. The molecule has 0 saturated carbocycles. The van der Waals surface area contributed by atoms with Crippen LogP contribution in [-0.4, -0.2) is 44.8 Å². The maximum Gasteiger partial charge on any atom is 0.425 e. The van der Waals surface area contributed by atoms with Crippen molar-refractivity contribution in [1.29, 1.82) is 0 Å². The summed E-state index contributed by atoms with van der Waals surface area (Å²) in [7, 11) is 0.919. The number of aromatic nitrogens is 4. The number of nitrogens with zero attached hydrogens (tertiary/aromatic N) is 2. The van der Waals surface area contributed by atoms with Gasteiger partial charge in [-0.15, -0.1) is 0 Å². The van der Waals surface area contributed by atoms with Gasteiger partial charge in [-0.3, -0.25) is 15.0 Å². The summed E-state index contributed by atoms with van der Waals surface area (Å²) in [6.45, 7) is 0. The number of amides is 2. The van der Waals surface area contributed by atoms with Crippen LogP contribution in [0.4, 0.5) is 9.59 Å². The first kappa shape index (κ1) is 18.9. The van der Waals surface area contributed by atoms with Crippen LogP contribution in [0.1, 0.15) is 11.3 Å². The van der Waals surface area contributed by atoms with Gasteiger partial charge < -0.3 is 14.7 Å². The van der Waals surface area contributed by atoms with Crippen molar-refractivity contribution in [3.8, 4) is 0 Å². The van der Waals surface area contributed by atoms with Crippen molar-refractivity contribution in [3.63, 3.8) is 0 Å². The fraction of sp³-hybridized carbons (Fsp3) is 0.133. The first-order chi connectivity index (χ1) is 13.1. The smallest absolute Gasteiger partial charge is 0.425 e. The molecule has 0 fully saturated rings. The van der Waals surface area contributed by atoms with Crippen molar-refractivity contribution >= 4 is 57.1 Å². The summed E-state index contributed by atoms with van der Waals surface area (Å²) >= 11 is 0. The molecule has 0 aliphatic heterocycles. The maximum absolute atomic E-state index is 11.7. The molecule has 27 heavy (non-hydrogen) atoms. The van der Waals surface area contributed by atoms with E-state index in [1.54, 1.807) is 6.20 Å². The van der Waals surface area contributed by atoms with E-state index in [1.807, 2.05) is 18.2 Å². The predicted octanol–water partition coefficient (Wildman–Crippen LogP) is 0.655. The Morgan fingerprint density at radius 2 is 2.11 bits per heavy atom. The highest BCUT2D eigenvalue weighted by molar-refractivity contribution is 7.64. The van der Waals surface area contributed by atoms with Crippen molar-refractivity contribution in [3.05, 3.63) is 35.7 Å². The third-order valence-electron chi connectivity index (χ3n) is 3.46. The van der Waals surface area contributed by atoms with Crippen molar-refractivity contribution in [1.82, 2.24) is 30.8 Å². The summed E-state index contributed by atoms with van der Waals surface area (Å²) in [5.41, 5.74) is 8.65. The Morgan fingerprint density at radius 3 is 2.89 bits per heavy atom. The van der Waals surface area contributed by atoms with Crippen molar-refractivity contribution < 1.29 is 19.1 Å². The first-order valence-electron chi connectivity index (χ1n) is 7.71. The van der Waals surface area contributed by atoms with Gasteiger partial charge in [0, 0.05) is 35.5 Å². The summed E-state index contributed by atoms with van der Waals surface area (Å²) in [5, 5.41) is 0. The molecule has 0 aliphatic carbocycles. The van der Waals surface area contributed by atoms with Crippen molar-refractivity contribution in [2.45, 2.75) is 6.42 Å². The quantitative estimate of drug-likeness (QED) is 0.269. The number of hydrogen-bond donors (Lipinski definition) is 4. The van der Waals surface area contributed by atoms with Crippen LogP contribution in [0.25, 0.3) is 11.0 Å². The monoisotopic (exact) mass is 406 g/mol. The number of methoxy groups -OCH3 is 1. The zero-order chi connectivity index (χ0) is 19.2. The van der Waals surface area contributed by atoms with Gasteiger partial charge in [0.1, 0.15) is 17.2 Å². The minimum atomic E-state index is -0.751. The Morgan fingerprint density at radius 1 is 1.26 bits per heavy atom. The summed E-state index contributed by atoms with van der Waals surface area (Å²) in [5.74, 6) is 0. The molecule has 0 bridgehead atoms. The summed E-state index contributed by atoms with van der Waals surface area (Å²) in [4.78, 5) is 48.0. The van der Waals surface area contributed by atoms with Gasteiger partial charge in [-0.2, -0.15) is 0 Å². The molecular formula is C15H16N6O4P2. The number of nitrogens with one attached hydrogen (secondary N) is 4. The molecule has 0 spiro atoms. The first-order valence-corrected chi connectivity index (χ1v) is 9.79. The molecule has 3 rings (SSSR count). The maximum atomic E-state index is 11.7. The number of ether oxygens (including phenoxy) is 1. The minimum Gasteiger partial charge on any atom is -0.452 e. The second kappa shape index (κ2) is 8.70. The summed E-state index contributed by atoms with van der Waals surface area (Å²) in [6, 6.07) is 6.65. The summed E-state index contributed by atoms with van der Waals surface area (Å²) in [6.07, 6.45) is 1.51. The van der Waals surface area contributed by atoms with E-state index in [0.29, 0.717) is 17.6 Å². The van der Waals surface area contributed by atoms with E-state index < -0.39 is 11.7 Å². The molecule has 0 saturated heterocycles. The lowest BCUT2D eigenvalue weighted by molar-refractivity contribution is 0.166. The number of hydrogen-bond acceptors (Lipinski definition) is 6. The van der Waals surface area contributed by atoms with Crippen LogP contribution in [0, 0.1) is 0 Å². The Hall–Kier alpha value is -2.83. The van der Waals surface area contributed by atoms with E-state index in [-0.39, 0.29) is 17.2 Å². The van der Waals surface area contributed by atoms with Crippen LogP contribution in [0.3, 0.4) is 0 Å². The normalized spacial score (nSPS) is 11.4. The van der Waals surface area contributed by atoms with Gasteiger partial charge in [-0.1, -0.05) is 6.07 Å².